The number of nitrogens with zero attached hydrogens (tertiary/aromatic N) is 2. The summed E-state index contributed by atoms with van der Waals surface area (Å²) < 4.78 is 4.94. The molecule has 0 aliphatic rings. The van der Waals surface area contributed by atoms with Crippen molar-refractivity contribution in [3.8, 4) is 0 Å². The fourth-order valence-electron chi connectivity index (χ4n) is 3.12. The maximum absolute atomic E-state index is 3.93. The van der Waals surface area contributed by atoms with Crippen LogP contribution in [0.2, 0.25) is 0 Å². The van der Waals surface area contributed by atoms with Crippen LogP contribution < -0.4 is 9.65 Å². The van der Waals surface area contributed by atoms with E-state index in [1.807, 2.05) is 0 Å². The predicted molar refractivity (Wildman–Crippen MR) is 95.7 cm³/mol. The van der Waals surface area contributed by atoms with E-state index in [4.69, 9.17) is 0 Å². The third-order valence-electron chi connectivity index (χ3n) is 4.08. The van der Waals surface area contributed by atoms with Gasteiger partial charge >= 0.3 is 5.95 Å². The second-order valence-electron chi connectivity index (χ2n) is 7.13. The highest BCUT2D eigenvalue weighted by Crippen LogP contribution is 2.45. The maximum Gasteiger partial charge on any atom is 0.360 e. The van der Waals surface area contributed by atoms with Gasteiger partial charge in [0.1, 0.15) is 11.4 Å². The molecule has 0 bridgehead atoms. The predicted octanol–water partition coefficient (Wildman–Crippen LogP) is 5.18. The van der Waals surface area contributed by atoms with Crippen molar-refractivity contribution in [3.05, 3.63) is 11.4 Å². The molecule has 0 aliphatic carbocycles. The summed E-state index contributed by atoms with van der Waals surface area (Å²) in [6.07, 6.45) is 0. The lowest BCUT2D eigenvalue weighted by molar-refractivity contribution is -0.707. The molecule has 1 aromatic heterocycles. The average molecular weight is 312 g/mol. The van der Waals surface area contributed by atoms with Crippen molar-refractivity contribution in [2.45, 2.75) is 92.6 Å². The summed E-state index contributed by atoms with van der Waals surface area (Å²) in [5, 5.41) is 3.93. The van der Waals surface area contributed by atoms with Crippen LogP contribution in [0.3, 0.4) is 0 Å². The normalized spacial score (nSPS) is 12.5. The number of nitrogens with one attached hydrogen (secondary N) is 1. The summed E-state index contributed by atoms with van der Waals surface area (Å²) >= 11 is 0. The first-order chi connectivity index (χ1) is 9.59. The van der Waals surface area contributed by atoms with Gasteiger partial charge in [-0.15, -0.1) is 0 Å². The molecule has 0 aliphatic heterocycles. The maximum atomic E-state index is 3.93. The molecule has 3 nitrogen and oxygen atoms in total. The Morgan fingerprint density at radius 3 is 1.71 bits per heavy atom. The molecule has 21 heavy (non-hydrogen) atoms. The molecule has 0 unspecified atom stereocenters. The second-order valence-corrected chi connectivity index (χ2v) is 10.2. The van der Waals surface area contributed by atoms with E-state index in [1.54, 1.807) is 0 Å². The average Bonchev–Trinajstić information content (AvgIpc) is 2.57. The van der Waals surface area contributed by atoms with Gasteiger partial charge in [-0.1, -0.05) is 27.7 Å². The van der Waals surface area contributed by atoms with Crippen LogP contribution in [0.15, 0.2) is 0 Å². The Morgan fingerprint density at radius 2 is 1.38 bits per heavy atom. The molecule has 0 atom stereocenters. The topological polar surface area (TPSA) is 20.8 Å². The van der Waals surface area contributed by atoms with Gasteiger partial charge in [-0.2, -0.15) is 0 Å². The van der Waals surface area contributed by atoms with Crippen LogP contribution in [0, 0.1) is 13.8 Å². The summed E-state index contributed by atoms with van der Waals surface area (Å²) in [7, 11) is -0.228. The molecule has 0 amide bonds. The van der Waals surface area contributed by atoms with Gasteiger partial charge in [0.15, 0.2) is 0 Å². The van der Waals surface area contributed by atoms with Gasteiger partial charge < -0.3 is 0 Å². The lowest BCUT2D eigenvalue weighted by Gasteiger charge is -2.24. The molecule has 0 fully saturated rings. The number of aromatic nitrogens is 2. The molecular formula is C17H35N3P+. The Bertz CT molecular complexity index is 433. The first kappa shape index (κ1) is 18.5. The highest BCUT2D eigenvalue weighted by molar-refractivity contribution is 7.60. The van der Waals surface area contributed by atoms with Crippen LogP contribution >= 0.6 is 8.07 Å². The SMILES string of the molecule is Cc1c(C)[n+](C(C)C)c(NP(C(C)C)C(C)C)n1C(C)C. The first-order valence-corrected chi connectivity index (χ1v) is 9.75. The Balaban J connectivity index is 3.41. The highest BCUT2D eigenvalue weighted by atomic mass is 31.1. The Morgan fingerprint density at radius 1 is 0.905 bits per heavy atom. The van der Waals surface area contributed by atoms with E-state index in [2.05, 4.69) is 83.5 Å². The Hall–Kier alpha value is -0.560. The van der Waals surface area contributed by atoms with E-state index in [-0.39, 0.29) is 8.07 Å². The molecule has 1 rings (SSSR count). The van der Waals surface area contributed by atoms with Crippen molar-refractivity contribution in [1.29, 1.82) is 0 Å². The molecule has 0 saturated carbocycles. The number of anilines is 1. The van der Waals surface area contributed by atoms with Crippen LogP contribution in [-0.4, -0.2) is 15.9 Å². The van der Waals surface area contributed by atoms with Gasteiger partial charge in [-0.25, -0.2) is 9.13 Å². The van der Waals surface area contributed by atoms with Crippen LogP contribution in [0.5, 0.6) is 0 Å². The van der Waals surface area contributed by atoms with E-state index in [9.17, 15) is 0 Å². The molecular weight excluding hydrogens is 277 g/mol. The molecule has 0 saturated heterocycles. The standard InChI is InChI=1S/C17H34N3P/c1-11(2)19-15(9)16(10)20(12(3)4)17(19)18-21(13(5)6)14(7)8/h11-14H,1-10H3/p+1. The van der Waals surface area contributed by atoms with Crippen molar-refractivity contribution < 1.29 is 4.57 Å². The van der Waals surface area contributed by atoms with Gasteiger partial charge in [0.25, 0.3) is 0 Å². The van der Waals surface area contributed by atoms with E-state index in [0.717, 1.165) is 0 Å². The van der Waals surface area contributed by atoms with Crippen LogP contribution in [0.1, 0.15) is 78.9 Å². The first-order valence-electron chi connectivity index (χ1n) is 8.27. The van der Waals surface area contributed by atoms with Crippen molar-refractivity contribution >= 4 is 14.0 Å². The van der Waals surface area contributed by atoms with Crippen molar-refractivity contribution in [2.24, 2.45) is 0 Å². The van der Waals surface area contributed by atoms with Gasteiger partial charge in [0.05, 0.1) is 20.2 Å². The molecule has 1 heterocycles. The summed E-state index contributed by atoms with van der Waals surface area (Å²) in [4.78, 5) is 0. The van der Waals surface area contributed by atoms with Crippen molar-refractivity contribution in [1.82, 2.24) is 4.57 Å². The molecule has 1 aromatic rings. The summed E-state index contributed by atoms with van der Waals surface area (Å²) in [6.45, 7) is 22.9. The highest BCUT2D eigenvalue weighted by Gasteiger charge is 2.31. The van der Waals surface area contributed by atoms with Gasteiger partial charge in [0, 0.05) is 11.3 Å². The lowest BCUT2D eigenvalue weighted by Crippen LogP contribution is -2.41. The van der Waals surface area contributed by atoms with Gasteiger partial charge in [-0.05, 0) is 41.5 Å². The van der Waals surface area contributed by atoms with Crippen molar-refractivity contribution in [3.63, 3.8) is 0 Å². The third kappa shape index (κ3) is 3.80. The fraction of sp³-hybridized carbons (Fsp3) is 0.824. The summed E-state index contributed by atoms with van der Waals surface area (Å²) in [5.74, 6) is 1.29. The zero-order valence-corrected chi connectivity index (χ0v) is 16.5. The minimum absolute atomic E-state index is 0.228. The summed E-state index contributed by atoms with van der Waals surface area (Å²) in [5.41, 5.74) is 4.11. The number of hydrogen-bond donors (Lipinski definition) is 1. The van der Waals surface area contributed by atoms with Gasteiger partial charge in [-0.3, -0.25) is 5.09 Å². The number of rotatable bonds is 6. The van der Waals surface area contributed by atoms with Crippen molar-refractivity contribution in [2.75, 3.05) is 5.09 Å². The van der Waals surface area contributed by atoms with E-state index in [0.29, 0.717) is 23.4 Å². The van der Waals surface area contributed by atoms with Crippen LogP contribution in [-0.2, 0) is 0 Å². The second kappa shape index (κ2) is 7.13. The zero-order chi connectivity index (χ0) is 16.5. The Labute approximate surface area is 132 Å². The Kier molecular flexibility index (Phi) is 6.28. The number of imidazole rings is 1. The quantitative estimate of drug-likeness (QED) is 0.567. The van der Waals surface area contributed by atoms with Crippen LogP contribution in [0.4, 0.5) is 5.95 Å². The third-order valence-corrected chi connectivity index (χ3v) is 6.76. The lowest BCUT2D eigenvalue weighted by atomic mass is 10.3. The minimum Gasteiger partial charge on any atom is -0.258 e. The molecule has 0 spiro atoms. The molecule has 0 radical (unpaired) electrons. The van der Waals surface area contributed by atoms with Crippen LogP contribution in [0.25, 0.3) is 0 Å². The van der Waals surface area contributed by atoms with Gasteiger partial charge in [0.2, 0.25) is 0 Å². The minimum atomic E-state index is -0.228. The molecule has 122 valence electrons. The summed E-state index contributed by atoms with van der Waals surface area (Å²) in [6, 6.07) is 0.949. The monoisotopic (exact) mass is 312 g/mol. The molecule has 4 heteroatoms. The molecule has 1 N–H and O–H groups in total. The number of hydrogen-bond acceptors (Lipinski definition) is 1. The van der Waals surface area contributed by atoms with E-state index in [1.165, 1.54) is 17.3 Å². The van der Waals surface area contributed by atoms with E-state index >= 15 is 0 Å². The molecule has 0 aromatic carbocycles. The zero-order valence-electron chi connectivity index (χ0n) is 15.7. The fourth-order valence-corrected chi connectivity index (χ4v) is 5.28. The van der Waals surface area contributed by atoms with E-state index < -0.39 is 0 Å². The largest absolute Gasteiger partial charge is 0.360 e. The smallest absolute Gasteiger partial charge is 0.258 e.